The van der Waals surface area contributed by atoms with E-state index in [4.69, 9.17) is 0 Å². The zero-order valence-electron chi connectivity index (χ0n) is 20.2. The molecule has 0 aliphatic rings. The molecule has 0 aromatic heterocycles. The Bertz CT molecular complexity index is 794. The van der Waals surface area contributed by atoms with Crippen LogP contribution in [0.25, 0.3) is 0 Å². The average Bonchev–Trinajstić information content (AvgIpc) is 2.84. The van der Waals surface area contributed by atoms with Gasteiger partial charge < -0.3 is 0 Å². The van der Waals surface area contributed by atoms with Gasteiger partial charge in [0.25, 0.3) is 0 Å². The molecule has 0 spiro atoms. The Kier molecular flexibility index (Phi) is 8.50. The minimum absolute atomic E-state index is 0.554. The summed E-state index contributed by atoms with van der Waals surface area (Å²) in [5, 5.41) is 4.32. The molecule has 0 aliphatic heterocycles. The molecular formula is C30H39P. The van der Waals surface area contributed by atoms with Crippen LogP contribution in [0.1, 0.15) is 95.2 Å². The highest BCUT2D eigenvalue weighted by Gasteiger charge is 2.18. The molecular weight excluding hydrogens is 391 g/mol. The van der Waals surface area contributed by atoms with Gasteiger partial charge >= 0.3 is 0 Å². The lowest BCUT2D eigenvalue weighted by atomic mass is 9.99. The van der Waals surface area contributed by atoms with Gasteiger partial charge in [0.1, 0.15) is 0 Å². The van der Waals surface area contributed by atoms with Crippen LogP contribution in [0.2, 0.25) is 0 Å². The molecule has 0 amide bonds. The first kappa shape index (κ1) is 23.7. The average molecular weight is 431 g/mol. The SMILES string of the molecule is CCC(C)c1ccc(P(c2ccc(C(C)CC)cc2)c2ccc(C(C)CC)cc2)cc1. The molecule has 0 nitrogen and oxygen atoms in total. The number of rotatable bonds is 9. The molecule has 3 atom stereocenters. The van der Waals surface area contributed by atoms with Crippen molar-refractivity contribution >= 4 is 23.8 Å². The van der Waals surface area contributed by atoms with Gasteiger partial charge in [-0.3, -0.25) is 0 Å². The number of benzene rings is 3. The van der Waals surface area contributed by atoms with E-state index >= 15 is 0 Å². The minimum Gasteiger partial charge on any atom is -0.0648 e. The third-order valence-corrected chi connectivity index (χ3v) is 9.44. The molecule has 0 fully saturated rings. The summed E-state index contributed by atoms with van der Waals surface area (Å²) in [6.07, 6.45) is 3.55. The number of hydrogen-bond donors (Lipinski definition) is 0. The van der Waals surface area contributed by atoms with Crippen LogP contribution < -0.4 is 15.9 Å². The molecule has 31 heavy (non-hydrogen) atoms. The Labute approximate surface area is 191 Å². The summed E-state index contributed by atoms with van der Waals surface area (Å²) < 4.78 is 0. The summed E-state index contributed by atoms with van der Waals surface area (Å²) in [5.41, 5.74) is 4.33. The fraction of sp³-hybridized carbons (Fsp3) is 0.400. The van der Waals surface area contributed by atoms with E-state index in [1.807, 2.05) is 0 Å². The Morgan fingerprint density at radius 1 is 0.452 bits per heavy atom. The monoisotopic (exact) mass is 430 g/mol. The summed E-state index contributed by atoms with van der Waals surface area (Å²) in [6, 6.07) is 28.3. The van der Waals surface area contributed by atoms with Gasteiger partial charge in [-0.15, -0.1) is 0 Å². The van der Waals surface area contributed by atoms with Crippen molar-refractivity contribution in [1.82, 2.24) is 0 Å². The van der Waals surface area contributed by atoms with Crippen LogP contribution in [0.15, 0.2) is 72.8 Å². The molecule has 3 aromatic rings. The van der Waals surface area contributed by atoms with Crippen LogP contribution in [0.5, 0.6) is 0 Å². The van der Waals surface area contributed by atoms with Gasteiger partial charge in [0.05, 0.1) is 0 Å². The van der Waals surface area contributed by atoms with E-state index in [2.05, 4.69) is 114 Å². The largest absolute Gasteiger partial charge is 0.0648 e. The zero-order valence-corrected chi connectivity index (χ0v) is 21.1. The summed E-state index contributed by atoms with van der Waals surface area (Å²) in [5.74, 6) is 1.85. The van der Waals surface area contributed by atoms with Crippen molar-refractivity contribution in [2.75, 3.05) is 0 Å². The lowest BCUT2D eigenvalue weighted by Crippen LogP contribution is -2.21. The summed E-state index contributed by atoms with van der Waals surface area (Å²) in [7, 11) is -0.554. The van der Waals surface area contributed by atoms with E-state index in [1.165, 1.54) is 51.9 Å². The predicted molar refractivity (Wildman–Crippen MR) is 141 cm³/mol. The molecule has 0 aliphatic carbocycles. The second-order valence-electron chi connectivity index (χ2n) is 9.04. The maximum Gasteiger partial charge on any atom is -0.0134 e. The van der Waals surface area contributed by atoms with Crippen molar-refractivity contribution in [2.24, 2.45) is 0 Å². The molecule has 3 rings (SSSR count). The van der Waals surface area contributed by atoms with Gasteiger partial charge in [-0.2, -0.15) is 0 Å². The van der Waals surface area contributed by atoms with Crippen molar-refractivity contribution < 1.29 is 0 Å². The van der Waals surface area contributed by atoms with Crippen molar-refractivity contribution in [3.8, 4) is 0 Å². The maximum absolute atomic E-state index is 2.37. The van der Waals surface area contributed by atoms with Gasteiger partial charge in [0.15, 0.2) is 0 Å². The van der Waals surface area contributed by atoms with E-state index in [9.17, 15) is 0 Å². The molecule has 3 unspecified atom stereocenters. The third kappa shape index (κ3) is 5.67. The van der Waals surface area contributed by atoms with Crippen molar-refractivity contribution in [3.05, 3.63) is 89.5 Å². The van der Waals surface area contributed by atoms with E-state index in [1.54, 1.807) is 0 Å². The van der Waals surface area contributed by atoms with Crippen LogP contribution in [-0.4, -0.2) is 0 Å². The van der Waals surface area contributed by atoms with E-state index in [0.717, 1.165) is 0 Å². The van der Waals surface area contributed by atoms with Crippen LogP contribution in [-0.2, 0) is 0 Å². The van der Waals surface area contributed by atoms with Crippen molar-refractivity contribution in [3.63, 3.8) is 0 Å². The normalized spacial score (nSPS) is 15.3. The van der Waals surface area contributed by atoms with Gasteiger partial charge in [0, 0.05) is 0 Å². The molecule has 0 saturated carbocycles. The highest BCUT2D eigenvalue weighted by molar-refractivity contribution is 7.79. The molecule has 164 valence electrons. The lowest BCUT2D eigenvalue weighted by molar-refractivity contribution is 0.734. The molecule has 0 bridgehead atoms. The summed E-state index contributed by atoms with van der Waals surface area (Å²) >= 11 is 0. The van der Waals surface area contributed by atoms with Crippen LogP contribution >= 0.6 is 7.92 Å². The molecule has 3 aromatic carbocycles. The molecule has 0 N–H and O–H groups in total. The topological polar surface area (TPSA) is 0 Å². The van der Waals surface area contributed by atoms with E-state index < -0.39 is 7.92 Å². The smallest absolute Gasteiger partial charge is 0.0134 e. The van der Waals surface area contributed by atoms with Crippen molar-refractivity contribution in [1.29, 1.82) is 0 Å². The first-order valence-electron chi connectivity index (χ1n) is 12.1. The summed E-state index contributed by atoms with van der Waals surface area (Å²) in [6.45, 7) is 13.8. The van der Waals surface area contributed by atoms with Gasteiger partial charge in [0.2, 0.25) is 0 Å². The Morgan fingerprint density at radius 3 is 0.871 bits per heavy atom. The zero-order chi connectivity index (χ0) is 22.4. The second-order valence-corrected chi connectivity index (χ2v) is 11.3. The fourth-order valence-corrected chi connectivity index (χ4v) is 6.25. The first-order chi connectivity index (χ1) is 15.0. The van der Waals surface area contributed by atoms with E-state index in [0.29, 0.717) is 17.8 Å². The summed E-state index contributed by atoms with van der Waals surface area (Å²) in [4.78, 5) is 0. The van der Waals surface area contributed by atoms with Gasteiger partial charge in [-0.05, 0) is 77.5 Å². The maximum atomic E-state index is 2.37. The fourth-order valence-electron chi connectivity index (χ4n) is 4.01. The second kappa shape index (κ2) is 11.1. The Morgan fingerprint density at radius 2 is 0.677 bits per heavy atom. The molecule has 0 radical (unpaired) electrons. The van der Waals surface area contributed by atoms with Crippen LogP contribution in [0, 0.1) is 0 Å². The van der Waals surface area contributed by atoms with Gasteiger partial charge in [-0.25, -0.2) is 0 Å². The van der Waals surface area contributed by atoms with Crippen LogP contribution in [0.3, 0.4) is 0 Å². The Balaban J connectivity index is 2.01. The van der Waals surface area contributed by atoms with Gasteiger partial charge in [-0.1, -0.05) is 114 Å². The quantitative estimate of drug-likeness (QED) is 0.302. The highest BCUT2D eigenvalue weighted by Crippen LogP contribution is 2.35. The molecule has 0 saturated heterocycles. The minimum atomic E-state index is -0.554. The predicted octanol–water partition coefficient (Wildman–Crippen LogP) is 7.99. The molecule has 1 heteroatoms. The van der Waals surface area contributed by atoms with Crippen LogP contribution in [0.4, 0.5) is 0 Å². The number of hydrogen-bond acceptors (Lipinski definition) is 0. The standard InChI is InChI=1S/C30H39P/c1-7-22(4)25-10-16-28(17-11-25)31(29-18-12-26(13-19-29)23(5)8-2)30-20-14-27(15-21-30)24(6)9-3/h10-24H,7-9H2,1-6H3. The third-order valence-electron chi connectivity index (χ3n) is 7.00. The molecule has 0 heterocycles. The lowest BCUT2D eigenvalue weighted by Gasteiger charge is -2.22. The highest BCUT2D eigenvalue weighted by atomic mass is 31.1. The first-order valence-corrected chi connectivity index (χ1v) is 13.4. The Hall–Kier alpha value is -1.91. The van der Waals surface area contributed by atoms with E-state index in [-0.39, 0.29) is 0 Å². The van der Waals surface area contributed by atoms with Crippen molar-refractivity contribution in [2.45, 2.75) is 78.6 Å².